The van der Waals surface area contributed by atoms with Crippen molar-refractivity contribution in [1.29, 1.82) is 0 Å². The predicted molar refractivity (Wildman–Crippen MR) is 95.0 cm³/mol. The number of nitrogens with zero attached hydrogens (tertiary/aromatic N) is 3. The molecule has 0 radical (unpaired) electrons. The minimum atomic E-state index is -0.759. The third-order valence-electron chi connectivity index (χ3n) is 4.47. The Morgan fingerprint density at radius 1 is 1.04 bits per heavy atom. The van der Waals surface area contributed by atoms with Crippen molar-refractivity contribution in [1.82, 2.24) is 0 Å². The minimum absolute atomic E-state index is 0.0229. The van der Waals surface area contributed by atoms with Crippen LogP contribution < -0.4 is 14.5 Å². The summed E-state index contributed by atoms with van der Waals surface area (Å²) in [5.74, 6) is -1.07. The first-order chi connectivity index (χ1) is 12.5. The molecule has 1 fully saturated rings. The van der Waals surface area contributed by atoms with E-state index in [1.54, 1.807) is 12.1 Å². The van der Waals surface area contributed by atoms with Crippen molar-refractivity contribution >= 4 is 17.1 Å². The Bertz CT molecular complexity index is 799. The molecule has 1 saturated heterocycles. The van der Waals surface area contributed by atoms with E-state index in [0.29, 0.717) is 25.3 Å². The van der Waals surface area contributed by atoms with Gasteiger partial charge in [0.15, 0.2) is 11.6 Å². The number of nitro benzene ring substituents is 1. The van der Waals surface area contributed by atoms with E-state index in [2.05, 4.69) is 4.90 Å². The van der Waals surface area contributed by atoms with Gasteiger partial charge in [-0.15, -0.1) is 0 Å². The quantitative estimate of drug-likeness (QED) is 0.614. The number of hydrogen-bond donors (Lipinski definition) is 0. The molecule has 26 heavy (non-hydrogen) atoms. The van der Waals surface area contributed by atoms with Crippen molar-refractivity contribution in [2.45, 2.75) is 6.42 Å². The summed E-state index contributed by atoms with van der Waals surface area (Å²) in [6, 6.07) is 8.53. The Morgan fingerprint density at radius 3 is 2.35 bits per heavy atom. The summed E-state index contributed by atoms with van der Waals surface area (Å²) in [5.41, 5.74) is 0.965. The fourth-order valence-corrected chi connectivity index (χ4v) is 3.16. The zero-order valence-electron chi connectivity index (χ0n) is 14.3. The number of anilines is 2. The van der Waals surface area contributed by atoms with Gasteiger partial charge in [0.2, 0.25) is 0 Å². The molecule has 138 valence electrons. The van der Waals surface area contributed by atoms with Crippen LogP contribution in [0.25, 0.3) is 0 Å². The first-order valence-electron chi connectivity index (χ1n) is 8.27. The van der Waals surface area contributed by atoms with Gasteiger partial charge in [0, 0.05) is 37.9 Å². The van der Waals surface area contributed by atoms with Crippen molar-refractivity contribution in [3.63, 3.8) is 0 Å². The number of ether oxygens (including phenoxy) is 1. The van der Waals surface area contributed by atoms with Crippen LogP contribution in [0, 0.1) is 21.7 Å². The van der Waals surface area contributed by atoms with Gasteiger partial charge >= 0.3 is 0 Å². The molecule has 0 saturated carbocycles. The Kier molecular flexibility index (Phi) is 5.20. The van der Waals surface area contributed by atoms with E-state index in [1.807, 2.05) is 4.90 Å². The van der Waals surface area contributed by atoms with Crippen LogP contribution in [0.3, 0.4) is 0 Å². The van der Waals surface area contributed by atoms with Crippen LogP contribution in [0.15, 0.2) is 36.4 Å². The smallest absolute Gasteiger partial charge is 0.295 e. The van der Waals surface area contributed by atoms with Crippen LogP contribution >= 0.6 is 0 Å². The SMILES string of the molecule is COc1cc(N2CCCN(c3ccc(F)cc3)CC2)c([N+](=O)[O-])cc1F. The van der Waals surface area contributed by atoms with E-state index in [-0.39, 0.29) is 17.3 Å². The zero-order chi connectivity index (χ0) is 18.7. The number of nitro groups is 1. The maximum Gasteiger partial charge on any atom is 0.295 e. The third kappa shape index (κ3) is 3.68. The average molecular weight is 363 g/mol. The number of benzene rings is 2. The molecular weight excluding hydrogens is 344 g/mol. The lowest BCUT2D eigenvalue weighted by Crippen LogP contribution is -2.31. The Morgan fingerprint density at radius 2 is 1.69 bits per heavy atom. The van der Waals surface area contributed by atoms with E-state index in [9.17, 15) is 18.9 Å². The van der Waals surface area contributed by atoms with Gasteiger partial charge in [0.1, 0.15) is 11.5 Å². The van der Waals surface area contributed by atoms with Crippen molar-refractivity contribution in [3.8, 4) is 5.75 Å². The van der Waals surface area contributed by atoms with Gasteiger partial charge in [-0.3, -0.25) is 10.1 Å². The lowest BCUT2D eigenvalue weighted by Gasteiger charge is -2.25. The van der Waals surface area contributed by atoms with Crippen LogP contribution in [-0.4, -0.2) is 38.2 Å². The highest BCUT2D eigenvalue weighted by molar-refractivity contribution is 5.66. The Hall–Kier alpha value is -2.90. The molecule has 6 nitrogen and oxygen atoms in total. The van der Waals surface area contributed by atoms with E-state index in [1.165, 1.54) is 25.3 Å². The summed E-state index contributed by atoms with van der Waals surface area (Å²) in [5, 5.41) is 11.3. The van der Waals surface area contributed by atoms with Crippen LogP contribution in [0.4, 0.5) is 25.8 Å². The van der Waals surface area contributed by atoms with E-state index in [0.717, 1.165) is 24.7 Å². The Labute approximate surface area is 149 Å². The molecular formula is C18H19F2N3O3. The van der Waals surface area contributed by atoms with Crippen molar-refractivity contribution < 1.29 is 18.4 Å². The summed E-state index contributed by atoms with van der Waals surface area (Å²) < 4.78 is 31.9. The van der Waals surface area contributed by atoms with Crippen LogP contribution in [0.1, 0.15) is 6.42 Å². The molecule has 0 spiro atoms. The Balaban J connectivity index is 1.84. The molecule has 2 aromatic rings. The van der Waals surface area contributed by atoms with E-state index >= 15 is 0 Å². The fraction of sp³-hybridized carbons (Fsp3) is 0.333. The predicted octanol–water partition coefficient (Wildman–Crippen LogP) is 3.60. The molecule has 0 N–H and O–H groups in total. The average Bonchev–Trinajstić information content (AvgIpc) is 2.88. The van der Waals surface area contributed by atoms with Gasteiger partial charge in [0.05, 0.1) is 18.1 Å². The maximum absolute atomic E-state index is 13.9. The van der Waals surface area contributed by atoms with Gasteiger partial charge in [-0.2, -0.15) is 0 Å². The summed E-state index contributed by atoms with van der Waals surface area (Å²) >= 11 is 0. The van der Waals surface area contributed by atoms with Crippen LogP contribution in [0.2, 0.25) is 0 Å². The summed E-state index contributed by atoms with van der Waals surface area (Å²) in [4.78, 5) is 14.7. The molecule has 8 heteroatoms. The molecule has 1 heterocycles. The largest absolute Gasteiger partial charge is 0.494 e. The lowest BCUT2D eigenvalue weighted by molar-refractivity contribution is -0.384. The first-order valence-corrected chi connectivity index (χ1v) is 8.27. The molecule has 1 aliphatic heterocycles. The van der Waals surface area contributed by atoms with Gasteiger partial charge in [-0.25, -0.2) is 8.78 Å². The molecule has 3 rings (SSSR count). The number of halogens is 2. The normalized spacial score (nSPS) is 14.9. The monoisotopic (exact) mass is 363 g/mol. The lowest BCUT2D eigenvalue weighted by atomic mass is 10.2. The van der Waals surface area contributed by atoms with E-state index in [4.69, 9.17) is 4.74 Å². The second kappa shape index (κ2) is 7.55. The first kappa shape index (κ1) is 17.9. The summed E-state index contributed by atoms with van der Waals surface area (Å²) in [7, 11) is 1.33. The van der Waals surface area contributed by atoms with Crippen molar-refractivity contribution in [2.24, 2.45) is 0 Å². The number of rotatable bonds is 4. The standard InChI is InChI=1S/C18H19F2N3O3/c1-26-18-12-16(17(23(24)25)11-15(18)20)22-8-2-7-21(9-10-22)14-5-3-13(19)4-6-14/h3-6,11-12H,2,7-10H2,1H3. The molecule has 0 atom stereocenters. The third-order valence-corrected chi connectivity index (χ3v) is 4.47. The minimum Gasteiger partial charge on any atom is -0.494 e. The molecule has 0 amide bonds. The second-order valence-electron chi connectivity index (χ2n) is 6.04. The van der Waals surface area contributed by atoms with Crippen LogP contribution in [0.5, 0.6) is 5.75 Å². The topological polar surface area (TPSA) is 58.8 Å². The van der Waals surface area contributed by atoms with Gasteiger partial charge in [-0.05, 0) is 30.7 Å². The second-order valence-corrected chi connectivity index (χ2v) is 6.04. The van der Waals surface area contributed by atoms with Gasteiger partial charge in [0.25, 0.3) is 5.69 Å². The molecule has 0 aromatic heterocycles. The highest BCUT2D eigenvalue weighted by atomic mass is 19.1. The molecule has 2 aromatic carbocycles. The van der Waals surface area contributed by atoms with Gasteiger partial charge < -0.3 is 14.5 Å². The summed E-state index contributed by atoms with van der Waals surface area (Å²) in [6.45, 7) is 2.47. The van der Waals surface area contributed by atoms with Gasteiger partial charge in [-0.1, -0.05) is 0 Å². The molecule has 0 unspecified atom stereocenters. The van der Waals surface area contributed by atoms with E-state index < -0.39 is 10.7 Å². The highest BCUT2D eigenvalue weighted by Crippen LogP contribution is 2.35. The van der Waals surface area contributed by atoms with Crippen LogP contribution in [-0.2, 0) is 0 Å². The molecule has 0 aliphatic carbocycles. The maximum atomic E-state index is 13.9. The van der Waals surface area contributed by atoms with Crippen molar-refractivity contribution in [2.75, 3.05) is 43.1 Å². The highest BCUT2D eigenvalue weighted by Gasteiger charge is 2.25. The van der Waals surface area contributed by atoms with Crippen molar-refractivity contribution in [3.05, 3.63) is 58.1 Å². The zero-order valence-corrected chi connectivity index (χ0v) is 14.3. The fourth-order valence-electron chi connectivity index (χ4n) is 3.16. The molecule has 0 bridgehead atoms. The molecule has 1 aliphatic rings. The number of methoxy groups -OCH3 is 1. The number of hydrogen-bond acceptors (Lipinski definition) is 5. The summed E-state index contributed by atoms with van der Waals surface area (Å²) in [6.07, 6.45) is 0.758.